The van der Waals surface area contributed by atoms with Crippen LogP contribution in [0.15, 0.2) is 47.6 Å². The van der Waals surface area contributed by atoms with Gasteiger partial charge in [-0.3, -0.25) is 19.8 Å². The highest BCUT2D eigenvalue weighted by Crippen LogP contribution is 2.49. The van der Waals surface area contributed by atoms with Gasteiger partial charge in [0, 0.05) is 30.9 Å². The molecule has 2 aromatic rings. The third-order valence-corrected chi connectivity index (χ3v) is 5.50. The predicted molar refractivity (Wildman–Crippen MR) is 114 cm³/mol. The SMILES string of the molecule is C/N=c1/c(C(C)(C)O)cccn1C(=N)C1(c2ccc(C(=O)NCCC#N)cc2)CC1. The fourth-order valence-electron chi connectivity index (χ4n) is 3.68. The van der Waals surface area contributed by atoms with E-state index in [-0.39, 0.29) is 12.3 Å². The van der Waals surface area contributed by atoms with E-state index in [1.54, 1.807) is 43.8 Å². The number of hydrogen-bond donors (Lipinski definition) is 3. The van der Waals surface area contributed by atoms with E-state index < -0.39 is 11.0 Å². The van der Waals surface area contributed by atoms with Gasteiger partial charge in [-0.15, -0.1) is 0 Å². The number of aromatic nitrogens is 1. The molecule has 1 saturated carbocycles. The van der Waals surface area contributed by atoms with Gasteiger partial charge < -0.3 is 10.4 Å². The molecule has 1 fully saturated rings. The number of aliphatic hydroxyl groups is 1. The average Bonchev–Trinajstić information content (AvgIpc) is 3.54. The molecule has 1 amide bonds. The molecule has 0 radical (unpaired) electrons. The molecule has 0 atom stereocenters. The van der Waals surface area contributed by atoms with Crippen molar-refractivity contribution < 1.29 is 9.90 Å². The van der Waals surface area contributed by atoms with Crippen molar-refractivity contribution >= 4 is 11.7 Å². The first kappa shape index (κ1) is 21.5. The zero-order valence-corrected chi connectivity index (χ0v) is 17.6. The maximum Gasteiger partial charge on any atom is 0.251 e. The highest BCUT2D eigenvalue weighted by molar-refractivity contribution is 5.96. The topological polar surface area (TPSA) is 114 Å². The summed E-state index contributed by atoms with van der Waals surface area (Å²) in [5.41, 5.74) is 1.23. The van der Waals surface area contributed by atoms with Crippen molar-refractivity contribution in [3.63, 3.8) is 0 Å². The van der Waals surface area contributed by atoms with Crippen LogP contribution in [-0.2, 0) is 11.0 Å². The average molecular weight is 406 g/mol. The molecule has 0 saturated heterocycles. The number of carbonyl (C=O) groups excluding carboxylic acids is 1. The zero-order chi connectivity index (χ0) is 21.9. The summed E-state index contributed by atoms with van der Waals surface area (Å²) in [4.78, 5) is 16.5. The van der Waals surface area contributed by atoms with Gasteiger partial charge in [0.25, 0.3) is 5.91 Å². The third kappa shape index (κ3) is 4.05. The largest absolute Gasteiger partial charge is 0.386 e. The fourth-order valence-corrected chi connectivity index (χ4v) is 3.68. The van der Waals surface area contributed by atoms with Crippen molar-refractivity contribution in [2.45, 2.75) is 44.1 Å². The molecule has 1 aliphatic rings. The lowest BCUT2D eigenvalue weighted by Gasteiger charge is -2.24. The summed E-state index contributed by atoms with van der Waals surface area (Å²) >= 11 is 0. The van der Waals surface area contributed by atoms with E-state index >= 15 is 0 Å². The highest BCUT2D eigenvalue weighted by atomic mass is 16.3. The smallest absolute Gasteiger partial charge is 0.251 e. The van der Waals surface area contributed by atoms with Crippen LogP contribution in [0.2, 0.25) is 0 Å². The molecule has 7 heteroatoms. The van der Waals surface area contributed by atoms with Crippen LogP contribution in [0, 0.1) is 16.7 Å². The monoisotopic (exact) mass is 405 g/mol. The summed E-state index contributed by atoms with van der Waals surface area (Å²) in [6.45, 7) is 3.74. The molecule has 0 bridgehead atoms. The van der Waals surface area contributed by atoms with Crippen LogP contribution in [0.4, 0.5) is 0 Å². The van der Waals surface area contributed by atoms with E-state index in [9.17, 15) is 9.90 Å². The molecule has 7 nitrogen and oxygen atoms in total. The summed E-state index contributed by atoms with van der Waals surface area (Å²) in [6.07, 6.45) is 3.75. The van der Waals surface area contributed by atoms with Crippen molar-refractivity contribution in [1.82, 2.24) is 9.88 Å². The Morgan fingerprint density at radius 3 is 2.53 bits per heavy atom. The van der Waals surface area contributed by atoms with Gasteiger partial charge in [-0.05, 0) is 50.5 Å². The Balaban J connectivity index is 1.90. The van der Waals surface area contributed by atoms with Gasteiger partial charge in [0.2, 0.25) is 0 Å². The number of nitrogens with zero attached hydrogens (tertiary/aromatic N) is 3. The molecule has 1 aromatic carbocycles. The minimum absolute atomic E-state index is 0.212. The molecule has 3 rings (SSSR count). The first-order chi connectivity index (χ1) is 14.2. The van der Waals surface area contributed by atoms with E-state index in [2.05, 4.69) is 10.3 Å². The van der Waals surface area contributed by atoms with Crippen LogP contribution in [0.1, 0.15) is 54.6 Å². The van der Waals surface area contributed by atoms with Crippen LogP contribution >= 0.6 is 0 Å². The summed E-state index contributed by atoms with van der Waals surface area (Å²) in [5, 5.41) is 30.7. The van der Waals surface area contributed by atoms with E-state index in [1.165, 1.54) is 0 Å². The Labute approximate surface area is 176 Å². The number of rotatable bonds is 6. The second-order valence-electron chi connectivity index (χ2n) is 8.07. The van der Waals surface area contributed by atoms with Gasteiger partial charge in [-0.1, -0.05) is 18.2 Å². The van der Waals surface area contributed by atoms with Crippen molar-refractivity contribution in [3.05, 3.63) is 64.8 Å². The van der Waals surface area contributed by atoms with Gasteiger partial charge in [0.05, 0.1) is 23.5 Å². The molecule has 0 unspecified atom stereocenters. The highest BCUT2D eigenvalue weighted by Gasteiger charge is 2.49. The maximum absolute atomic E-state index is 12.2. The van der Waals surface area contributed by atoms with E-state index in [0.717, 1.165) is 18.4 Å². The van der Waals surface area contributed by atoms with Gasteiger partial charge in [-0.2, -0.15) is 5.26 Å². The lowest BCUT2D eigenvalue weighted by Crippen LogP contribution is -2.39. The van der Waals surface area contributed by atoms with Crippen LogP contribution in [-0.4, -0.2) is 35.0 Å². The van der Waals surface area contributed by atoms with E-state index in [4.69, 9.17) is 10.7 Å². The number of hydrogen-bond acceptors (Lipinski definition) is 5. The Bertz CT molecular complexity index is 1060. The molecule has 156 valence electrons. The summed E-state index contributed by atoms with van der Waals surface area (Å²) < 4.78 is 1.74. The standard InChI is InChI=1S/C23H27N5O2/c1-22(2,30)18-6-4-15-28(19(18)26-3)21(25)23(11-12-23)17-9-7-16(8-10-17)20(29)27-14-5-13-24/h4,6-10,15,25,30H,5,11-12,14H2,1-3H3,(H,27,29)/b25-21?,26-19-. The molecule has 3 N–H and O–H groups in total. The Kier molecular flexibility index (Phi) is 5.90. The lowest BCUT2D eigenvalue weighted by molar-refractivity contribution is 0.0764. The lowest BCUT2D eigenvalue weighted by atomic mass is 9.92. The predicted octanol–water partition coefficient (Wildman–Crippen LogP) is 2.45. The number of amides is 1. The van der Waals surface area contributed by atoms with Gasteiger partial charge in [0.1, 0.15) is 11.3 Å². The molecule has 0 spiro atoms. The van der Waals surface area contributed by atoms with Crippen LogP contribution < -0.4 is 10.8 Å². The van der Waals surface area contributed by atoms with Crippen molar-refractivity contribution in [2.75, 3.05) is 13.6 Å². The quantitative estimate of drug-likeness (QED) is 0.389. The summed E-state index contributed by atoms with van der Waals surface area (Å²) in [7, 11) is 1.66. The Morgan fingerprint density at radius 2 is 2.00 bits per heavy atom. The van der Waals surface area contributed by atoms with E-state index in [1.807, 2.05) is 30.3 Å². The number of nitrogens with one attached hydrogen (secondary N) is 2. The second-order valence-corrected chi connectivity index (χ2v) is 8.07. The minimum atomic E-state index is -1.07. The molecule has 1 aromatic heterocycles. The second kappa shape index (κ2) is 8.25. The number of pyridine rings is 1. The normalized spacial score (nSPS) is 15.4. The molecule has 30 heavy (non-hydrogen) atoms. The first-order valence-corrected chi connectivity index (χ1v) is 9.97. The Morgan fingerprint density at radius 1 is 1.33 bits per heavy atom. The van der Waals surface area contributed by atoms with Gasteiger partial charge in [0.15, 0.2) is 0 Å². The molecular weight excluding hydrogens is 378 g/mol. The summed E-state index contributed by atoms with van der Waals surface area (Å²) in [6, 6.07) is 12.9. The molecular formula is C23H27N5O2. The van der Waals surface area contributed by atoms with E-state index in [0.29, 0.717) is 29.0 Å². The van der Waals surface area contributed by atoms with Gasteiger partial charge in [-0.25, -0.2) is 0 Å². The van der Waals surface area contributed by atoms with Crippen LogP contribution in [0.3, 0.4) is 0 Å². The van der Waals surface area contributed by atoms with Crippen molar-refractivity contribution in [1.29, 1.82) is 10.7 Å². The zero-order valence-electron chi connectivity index (χ0n) is 17.6. The molecule has 0 aliphatic heterocycles. The fraction of sp³-hybridized carbons (Fsp3) is 0.391. The molecule has 1 aliphatic carbocycles. The van der Waals surface area contributed by atoms with Crippen LogP contribution in [0.25, 0.3) is 0 Å². The van der Waals surface area contributed by atoms with Crippen molar-refractivity contribution in [2.24, 2.45) is 4.99 Å². The Hall–Kier alpha value is -3.24. The first-order valence-electron chi connectivity index (χ1n) is 9.97. The number of nitriles is 1. The molecule has 1 heterocycles. The minimum Gasteiger partial charge on any atom is -0.386 e. The summed E-state index contributed by atoms with van der Waals surface area (Å²) in [5.74, 6) is 0.191. The van der Waals surface area contributed by atoms with Crippen molar-refractivity contribution in [3.8, 4) is 6.07 Å². The van der Waals surface area contributed by atoms with Gasteiger partial charge >= 0.3 is 0 Å². The third-order valence-electron chi connectivity index (χ3n) is 5.50. The number of carbonyl (C=O) groups is 1. The van der Waals surface area contributed by atoms with Crippen LogP contribution in [0.5, 0.6) is 0 Å². The number of benzene rings is 1. The maximum atomic E-state index is 12.2.